The van der Waals surface area contributed by atoms with Crippen LogP contribution in [-0.4, -0.2) is 22.3 Å². The molecule has 0 amide bonds. The molecule has 1 fully saturated rings. The van der Waals surface area contributed by atoms with Crippen LogP contribution in [0.1, 0.15) is 19.3 Å². The lowest BCUT2D eigenvalue weighted by atomic mass is 10.1. The number of rotatable bonds is 0. The highest BCUT2D eigenvalue weighted by atomic mass is 32.2. The number of likely N-dealkylation sites (tertiary alicyclic amines) is 1. The van der Waals surface area contributed by atoms with Crippen LogP contribution < -0.4 is 5.14 Å². The number of hydrogen-bond donors (Lipinski definition) is 1. The number of hydrogen-bond acceptors (Lipinski definition) is 3. The molecule has 1 saturated heterocycles. The fourth-order valence-electron chi connectivity index (χ4n) is 1.15. The monoisotopic (exact) mass is 176 g/mol. The van der Waals surface area contributed by atoms with E-state index in [-0.39, 0.29) is 0 Å². The molecule has 57 valence electrons. The summed E-state index contributed by atoms with van der Waals surface area (Å²) in [5, 5.41) is 5.34. The smallest absolute Gasteiger partial charge is 0.313 e. The van der Waals surface area contributed by atoms with Gasteiger partial charge in [0.15, 0.2) is 0 Å². The Morgan fingerprint density at radius 3 is 2.40 bits per heavy atom. The van der Waals surface area contributed by atoms with Gasteiger partial charge in [-0.05, 0) is 19.3 Å². The quantitative estimate of drug-likeness (QED) is 0.334. The van der Waals surface area contributed by atoms with E-state index in [9.17, 15) is 0 Å². The van der Waals surface area contributed by atoms with Gasteiger partial charge in [-0.15, -0.1) is 0 Å². The van der Waals surface area contributed by atoms with E-state index in [1.807, 2.05) is 0 Å². The standard InChI is InChI=1S/C6H12N2S2/c7-10-6(9)8-4-2-1-3-5-8/h1-5,7H2/q+1. The van der Waals surface area contributed by atoms with Gasteiger partial charge in [-0.2, -0.15) is 0 Å². The van der Waals surface area contributed by atoms with E-state index in [4.69, 9.17) is 17.4 Å². The predicted octanol–water partition coefficient (Wildman–Crippen LogP) is 0.714. The van der Waals surface area contributed by atoms with Crippen LogP contribution in [0, 0.1) is 0 Å². The minimum atomic E-state index is 0.847. The van der Waals surface area contributed by atoms with Crippen LogP contribution in [0.2, 0.25) is 0 Å². The molecule has 10 heavy (non-hydrogen) atoms. The van der Waals surface area contributed by atoms with E-state index in [1.165, 1.54) is 31.2 Å². The lowest BCUT2D eigenvalue weighted by Crippen LogP contribution is -2.34. The topological polar surface area (TPSA) is 29.3 Å². The van der Waals surface area contributed by atoms with Gasteiger partial charge < -0.3 is 4.90 Å². The molecule has 0 saturated carbocycles. The number of thiocarbonyl (C=S) groups is 1. The maximum absolute atomic E-state index is 5.34. The van der Waals surface area contributed by atoms with Crippen molar-refractivity contribution in [2.75, 3.05) is 13.1 Å². The van der Waals surface area contributed by atoms with Crippen LogP contribution in [0.15, 0.2) is 0 Å². The SMILES string of the molecule is NSC(=[S+])N1CCCCC1. The average molecular weight is 176 g/mol. The van der Waals surface area contributed by atoms with Crippen molar-refractivity contribution in [2.45, 2.75) is 19.3 Å². The molecular formula is C6H12N2S2+. The zero-order chi connectivity index (χ0) is 7.40. The summed E-state index contributed by atoms with van der Waals surface area (Å²) in [5.74, 6) is 0. The van der Waals surface area contributed by atoms with Crippen molar-refractivity contribution in [1.29, 1.82) is 0 Å². The molecule has 2 N–H and O–H groups in total. The largest absolute Gasteiger partial charge is 0.565 e. The van der Waals surface area contributed by atoms with Crippen molar-refractivity contribution in [1.82, 2.24) is 4.90 Å². The molecule has 0 unspecified atom stereocenters. The molecule has 0 aromatic heterocycles. The molecule has 0 spiro atoms. The molecule has 2 nitrogen and oxygen atoms in total. The molecule has 0 bridgehead atoms. The Bertz CT molecular complexity index is 121. The molecule has 0 aromatic carbocycles. The van der Waals surface area contributed by atoms with Gasteiger partial charge in [0.1, 0.15) is 0 Å². The van der Waals surface area contributed by atoms with Crippen molar-refractivity contribution in [3.63, 3.8) is 0 Å². The van der Waals surface area contributed by atoms with Crippen LogP contribution in [0.5, 0.6) is 0 Å². The lowest BCUT2D eigenvalue weighted by molar-refractivity contribution is 0.352. The summed E-state index contributed by atoms with van der Waals surface area (Å²) in [6.07, 6.45) is 3.87. The van der Waals surface area contributed by atoms with Crippen LogP contribution in [0.25, 0.3) is 0 Å². The Morgan fingerprint density at radius 2 is 1.90 bits per heavy atom. The zero-order valence-corrected chi connectivity index (χ0v) is 7.51. The molecule has 1 aliphatic rings. The Hall–Kier alpha value is 0.200. The normalized spacial score (nSPS) is 19.1. The van der Waals surface area contributed by atoms with Crippen molar-refractivity contribution in [3.8, 4) is 0 Å². The highest BCUT2D eigenvalue weighted by Gasteiger charge is 2.20. The van der Waals surface area contributed by atoms with Crippen molar-refractivity contribution in [2.24, 2.45) is 5.14 Å². The molecule has 0 aromatic rings. The summed E-state index contributed by atoms with van der Waals surface area (Å²) in [6.45, 7) is 2.20. The Kier molecular flexibility index (Phi) is 3.45. The van der Waals surface area contributed by atoms with Crippen molar-refractivity contribution in [3.05, 3.63) is 0 Å². The number of nitrogens with zero attached hydrogens (tertiary/aromatic N) is 1. The van der Waals surface area contributed by atoms with Crippen LogP contribution in [0.3, 0.4) is 0 Å². The molecule has 0 aliphatic carbocycles. The van der Waals surface area contributed by atoms with Gasteiger partial charge in [0.05, 0.1) is 0 Å². The second kappa shape index (κ2) is 4.16. The summed E-state index contributed by atoms with van der Waals surface area (Å²) < 4.78 is 0.847. The summed E-state index contributed by atoms with van der Waals surface area (Å²) in [4.78, 5) is 2.18. The predicted molar refractivity (Wildman–Crippen MR) is 49.6 cm³/mol. The second-order valence-electron chi connectivity index (χ2n) is 2.43. The van der Waals surface area contributed by atoms with Gasteiger partial charge in [0.25, 0.3) is 0 Å². The Balaban J connectivity index is 2.31. The van der Waals surface area contributed by atoms with Crippen molar-refractivity contribution >= 4 is 28.5 Å². The van der Waals surface area contributed by atoms with Crippen LogP contribution >= 0.6 is 11.9 Å². The first-order valence-corrected chi connectivity index (χ1v) is 4.79. The third kappa shape index (κ3) is 2.11. The third-order valence-corrected chi connectivity index (χ3v) is 2.72. The molecule has 1 radical (unpaired) electrons. The fraction of sp³-hybridized carbons (Fsp3) is 0.833. The van der Waals surface area contributed by atoms with Gasteiger partial charge in [-0.1, -0.05) is 0 Å². The van der Waals surface area contributed by atoms with Crippen LogP contribution in [-0.2, 0) is 12.2 Å². The molecule has 1 heterocycles. The number of nitrogens with two attached hydrogens (primary N) is 1. The van der Waals surface area contributed by atoms with E-state index in [0.717, 1.165) is 17.4 Å². The molecule has 0 atom stereocenters. The highest BCUT2D eigenvalue weighted by molar-refractivity contribution is 8.18. The van der Waals surface area contributed by atoms with Gasteiger partial charge in [-0.3, -0.25) is 5.14 Å². The number of piperidine rings is 1. The maximum atomic E-state index is 5.34. The minimum absolute atomic E-state index is 0.847. The average Bonchev–Trinajstić information content (AvgIpc) is 2.05. The van der Waals surface area contributed by atoms with Gasteiger partial charge >= 0.3 is 16.5 Å². The molecular weight excluding hydrogens is 164 g/mol. The first kappa shape index (κ1) is 8.30. The first-order chi connectivity index (χ1) is 4.84. The minimum Gasteiger partial charge on any atom is -0.313 e. The van der Waals surface area contributed by atoms with Gasteiger partial charge in [0, 0.05) is 25.0 Å². The molecule has 1 aliphatic heterocycles. The highest BCUT2D eigenvalue weighted by Crippen LogP contribution is 2.11. The summed E-state index contributed by atoms with van der Waals surface area (Å²) in [5.41, 5.74) is 0. The zero-order valence-electron chi connectivity index (χ0n) is 5.88. The Morgan fingerprint density at radius 1 is 1.30 bits per heavy atom. The van der Waals surface area contributed by atoms with Crippen LogP contribution in [0.4, 0.5) is 0 Å². The summed E-state index contributed by atoms with van der Waals surface area (Å²) in [7, 11) is 0. The van der Waals surface area contributed by atoms with E-state index in [1.54, 1.807) is 0 Å². The summed E-state index contributed by atoms with van der Waals surface area (Å²) in [6, 6.07) is 0. The lowest BCUT2D eigenvalue weighted by Gasteiger charge is -2.22. The maximum Gasteiger partial charge on any atom is 0.565 e. The fourth-order valence-corrected chi connectivity index (χ4v) is 1.67. The van der Waals surface area contributed by atoms with E-state index in [0.29, 0.717) is 0 Å². The van der Waals surface area contributed by atoms with E-state index < -0.39 is 0 Å². The van der Waals surface area contributed by atoms with Gasteiger partial charge in [0.2, 0.25) is 0 Å². The van der Waals surface area contributed by atoms with Gasteiger partial charge in [-0.25, -0.2) is 0 Å². The second-order valence-corrected chi connectivity index (χ2v) is 3.70. The summed E-state index contributed by atoms with van der Waals surface area (Å²) >= 11 is 6.23. The Labute approximate surface area is 71.3 Å². The van der Waals surface area contributed by atoms with E-state index >= 15 is 0 Å². The third-order valence-electron chi connectivity index (χ3n) is 1.72. The molecule has 1 rings (SSSR count). The first-order valence-electron chi connectivity index (χ1n) is 3.50. The van der Waals surface area contributed by atoms with E-state index in [2.05, 4.69) is 4.90 Å². The molecule has 4 heteroatoms. The van der Waals surface area contributed by atoms with Crippen molar-refractivity contribution < 1.29 is 0 Å².